The zero-order chi connectivity index (χ0) is 14.0. The van der Waals surface area contributed by atoms with E-state index in [-0.39, 0.29) is 18.0 Å². The second-order valence-corrected chi connectivity index (χ2v) is 6.05. The molecule has 2 heterocycles. The van der Waals surface area contributed by atoms with Crippen LogP contribution in [0.2, 0.25) is 0 Å². The van der Waals surface area contributed by atoms with Crippen LogP contribution in [0.4, 0.5) is 4.79 Å². The van der Waals surface area contributed by atoms with Gasteiger partial charge in [-0.3, -0.25) is 9.69 Å². The predicted molar refractivity (Wildman–Crippen MR) is 71.7 cm³/mol. The minimum Gasteiger partial charge on any atom is -0.444 e. The lowest BCUT2D eigenvalue weighted by molar-refractivity contribution is -0.134. The summed E-state index contributed by atoms with van der Waals surface area (Å²) >= 11 is 0. The number of hydrogen-bond donors (Lipinski definition) is 0. The van der Waals surface area contributed by atoms with Crippen molar-refractivity contribution in [1.29, 1.82) is 0 Å². The molecule has 0 spiro atoms. The van der Waals surface area contributed by atoms with Gasteiger partial charge in [-0.25, -0.2) is 4.79 Å². The molecule has 2 aliphatic rings. The quantitative estimate of drug-likeness (QED) is 0.680. The Labute approximate surface area is 114 Å². The monoisotopic (exact) mass is 266 g/mol. The summed E-state index contributed by atoms with van der Waals surface area (Å²) in [5.74, 6) is 0.0355. The van der Waals surface area contributed by atoms with E-state index in [2.05, 4.69) is 0 Å². The molecule has 0 aliphatic carbocycles. The van der Waals surface area contributed by atoms with Gasteiger partial charge < -0.3 is 9.64 Å². The Hall–Kier alpha value is -1.52. The minimum absolute atomic E-state index is 0.0355. The SMILES string of the molecule is CC(C)(C)OC(=O)N1CCC[C@@H]1C(=O)N1CC=CC1. The molecule has 2 aliphatic heterocycles. The molecule has 106 valence electrons. The van der Waals surface area contributed by atoms with Crippen molar-refractivity contribution >= 4 is 12.0 Å². The summed E-state index contributed by atoms with van der Waals surface area (Å²) < 4.78 is 5.37. The van der Waals surface area contributed by atoms with Crippen LogP contribution in [0.3, 0.4) is 0 Å². The second-order valence-electron chi connectivity index (χ2n) is 6.05. The van der Waals surface area contributed by atoms with Gasteiger partial charge in [0.1, 0.15) is 11.6 Å². The van der Waals surface area contributed by atoms with Gasteiger partial charge in [-0.2, -0.15) is 0 Å². The molecule has 1 fully saturated rings. The van der Waals surface area contributed by atoms with Crippen molar-refractivity contribution in [3.8, 4) is 0 Å². The fraction of sp³-hybridized carbons (Fsp3) is 0.714. The van der Waals surface area contributed by atoms with Gasteiger partial charge in [-0.05, 0) is 33.6 Å². The molecule has 0 saturated carbocycles. The van der Waals surface area contributed by atoms with Gasteiger partial charge >= 0.3 is 6.09 Å². The molecule has 5 nitrogen and oxygen atoms in total. The van der Waals surface area contributed by atoms with E-state index in [1.807, 2.05) is 32.9 Å². The number of rotatable bonds is 1. The van der Waals surface area contributed by atoms with E-state index in [0.717, 1.165) is 12.8 Å². The Kier molecular flexibility index (Phi) is 3.83. The summed E-state index contributed by atoms with van der Waals surface area (Å²) in [6, 6.07) is -0.352. The minimum atomic E-state index is -0.525. The Balaban J connectivity index is 2.00. The van der Waals surface area contributed by atoms with E-state index in [1.54, 1.807) is 9.80 Å². The van der Waals surface area contributed by atoms with Gasteiger partial charge in [0.2, 0.25) is 5.91 Å². The highest BCUT2D eigenvalue weighted by Crippen LogP contribution is 2.23. The molecule has 0 radical (unpaired) electrons. The van der Waals surface area contributed by atoms with Crippen molar-refractivity contribution in [2.24, 2.45) is 0 Å². The van der Waals surface area contributed by atoms with Crippen LogP contribution in [0.1, 0.15) is 33.6 Å². The number of carbonyl (C=O) groups is 2. The smallest absolute Gasteiger partial charge is 0.410 e. The van der Waals surface area contributed by atoms with Crippen LogP contribution >= 0.6 is 0 Å². The van der Waals surface area contributed by atoms with E-state index in [1.165, 1.54) is 0 Å². The van der Waals surface area contributed by atoms with E-state index >= 15 is 0 Å². The van der Waals surface area contributed by atoms with Gasteiger partial charge in [0, 0.05) is 19.6 Å². The van der Waals surface area contributed by atoms with E-state index in [0.29, 0.717) is 19.6 Å². The Morgan fingerprint density at radius 3 is 2.42 bits per heavy atom. The molecule has 0 bridgehead atoms. The fourth-order valence-electron chi connectivity index (χ4n) is 2.43. The Morgan fingerprint density at radius 2 is 1.84 bits per heavy atom. The van der Waals surface area contributed by atoms with Crippen molar-refractivity contribution in [2.75, 3.05) is 19.6 Å². The summed E-state index contributed by atoms with van der Waals surface area (Å²) in [6.45, 7) is 7.41. The van der Waals surface area contributed by atoms with E-state index in [9.17, 15) is 9.59 Å². The first-order valence-electron chi connectivity index (χ1n) is 6.82. The van der Waals surface area contributed by atoms with Crippen molar-refractivity contribution in [2.45, 2.75) is 45.3 Å². The number of amides is 2. The molecule has 0 aromatic carbocycles. The molecule has 2 amide bonds. The third-order valence-corrected chi connectivity index (χ3v) is 3.30. The molecule has 0 N–H and O–H groups in total. The number of nitrogens with zero attached hydrogens (tertiary/aromatic N) is 2. The summed E-state index contributed by atoms with van der Waals surface area (Å²) in [4.78, 5) is 27.8. The van der Waals surface area contributed by atoms with Gasteiger partial charge in [0.15, 0.2) is 0 Å². The molecule has 19 heavy (non-hydrogen) atoms. The third kappa shape index (κ3) is 3.28. The van der Waals surface area contributed by atoms with Crippen molar-refractivity contribution in [1.82, 2.24) is 9.80 Å². The highest BCUT2D eigenvalue weighted by molar-refractivity contribution is 5.86. The van der Waals surface area contributed by atoms with Crippen LogP contribution in [-0.4, -0.2) is 53.1 Å². The molecule has 0 aromatic rings. The largest absolute Gasteiger partial charge is 0.444 e. The highest BCUT2D eigenvalue weighted by Gasteiger charge is 2.38. The summed E-state index contributed by atoms with van der Waals surface area (Å²) in [5.41, 5.74) is -0.525. The van der Waals surface area contributed by atoms with Crippen molar-refractivity contribution in [3.63, 3.8) is 0 Å². The number of carbonyl (C=O) groups excluding carboxylic acids is 2. The van der Waals surface area contributed by atoms with Crippen LogP contribution in [0, 0.1) is 0 Å². The summed E-state index contributed by atoms with van der Waals surface area (Å²) in [5, 5.41) is 0. The average Bonchev–Trinajstić information content (AvgIpc) is 2.97. The fourth-order valence-corrected chi connectivity index (χ4v) is 2.43. The number of likely N-dealkylation sites (tertiary alicyclic amines) is 1. The van der Waals surface area contributed by atoms with Crippen LogP contribution < -0.4 is 0 Å². The first-order chi connectivity index (χ1) is 8.88. The normalized spacial score (nSPS) is 23.0. The zero-order valence-corrected chi connectivity index (χ0v) is 11.9. The molecule has 2 rings (SSSR count). The van der Waals surface area contributed by atoms with Gasteiger partial charge in [-0.1, -0.05) is 12.2 Å². The summed E-state index contributed by atoms with van der Waals surface area (Å²) in [6.07, 6.45) is 5.16. The summed E-state index contributed by atoms with van der Waals surface area (Å²) in [7, 11) is 0. The molecule has 1 atom stereocenters. The predicted octanol–water partition coefficient (Wildman–Crippen LogP) is 1.78. The van der Waals surface area contributed by atoms with Gasteiger partial charge in [0.05, 0.1) is 0 Å². The first kappa shape index (κ1) is 13.9. The lowest BCUT2D eigenvalue weighted by Crippen LogP contribution is -2.48. The van der Waals surface area contributed by atoms with Gasteiger partial charge in [0.25, 0.3) is 0 Å². The maximum Gasteiger partial charge on any atom is 0.410 e. The number of ether oxygens (including phenoxy) is 1. The zero-order valence-electron chi connectivity index (χ0n) is 11.9. The lowest BCUT2D eigenvalue weighted by atomic mass is 10.2. The lowest BCUT2D eigenvalue weighted by Gasteiger charge is -2.30. The third-order valence-electron chi connectivity index (χ3n) is 3.30. The molecule has 0 unspecified atom stereocenters. The van der Waals surface area contributed by atoms with Gasteiger partial charge in [-0.15, -0.1) is 0 Å². The average molecular weight is 266 g/mol. The second kappa shape index (κ2) is 5.23. The Bertz CT molecular complexity index is 390. The van der Waals surface area contributed by atoms with Crippen LogP contribution in [-0.2, 0) is 9.53 Å². The maximum absolute atomic E-state index is 12.4. The topological polar surface area (TPSA) is 49.9 Å². The van der Waals surface area contributed by atoms with E-state index in [4.69, 9.17) is 4.74 Å². The van der Waals surface area contributed by atoms with Crippen molar-refractivity contribution in [3.05, 3.63) is 12.2 Å². The standard InChI is InChI=1S/C14H22N2O3/c1-14(2,3)19-13(18)16-10-6-7-11(16)12(17)15-8-4-5-9-15/h4-5,11H,6-10H2,1-3H3/t11-/m1/s1. The van der Waals surface area contributed by atoms with E-state index < -0.39 is 5.60 Å². The maximum atomic E-state index is 12.4. The van der Waals surface area contributed by atoms with Crippen molar-refractivity contribution < 1.29 is 14.3 Å². The Morgan fingerprint density at radius 1 is 1.21 bits per heavy atom. The van der Waals surface area contributed by atoms with Crippen LogP contribution in [0.5, 0.6) is 0 Å². The molecule has 5 heteroatoms. The molecular weight excluding hydrogens is 244 g/mol. The molecular formula is C14H22N2O3. The highest BCUT2D eigenvalue weighted by atomic mass is 16.6. The molecule has 1 saturated heterocycles. The van der Waals surface area contributed by atoms with Crippen LogP contribution in [0.15, 0.2) is 12.2 Å². The van der Waals surface area contributed by atoms with Crippen LogP contribution in [0.25, 0.3) is 0 Å². The number of hydrogen-bond acceptors (Lipinski definition) is 3. The molecule has 0 aromatic heterocycles. The first-order valence-corrected chi connectivity index (χ1v) is 6.82.